The molecule has 6 nitrogen and oxygen atoms in total. The second-order valence-electron chi connectivity index (χ2n) is 4.78. The Balaban J connectivity index is 2.08. The SMILES string of the molecule is Cc1cc(NN)nc(Cn2ccc(=O)c3ccccc32)n1. The zero-order chi connectivity index (χ0) is 14.8. The summed E-state index contributed by atoms with van der Waals surface area (Å²) in [4.78, 5) is 20.6. The second-order valence-corrected chi connectivity index (χ2v) is 4.78. The molecule has 0 bridgehead atoms. The topological polar surface area (TPSA) is 85.8 Å². The second kappa shape index (κ2) is 5.34. The number of benzene rings is 1. The van der Waals surface area contributed by atoms with Crippen molar-refractivity contribution in [3.05, 3.63) is 64.3 Å². The molecule has 0 aliphatic carbocycles. The molecule has 0 aliphatic rings. The number of aryl methyl sites for hydroxylation is 1. The van der Waals surface area contributed by atoms with Crippen LogP contribution in [-0.4, -0.2) is 14.5 Å². The van der Waals surface area contributed by atoms with Gasteiger partial charge in [-0.1, -0.05) is 12.1 Å². The number of hydrogen-bond acceptors (Lipinski definition) is 5. The average molecular weight is 281 g/mol. The number of hydrazine groups is 1. The van der Waals surface area contributed by atoms with Gasteiger partial charge in [0.1, 0.15) is 5.82 Å². The maximum atomic E-state index is 11.9. The molecule has 0 aliphatic heterocycles. The van der Waals surface area contributed by atoms with Gasteiger partial charge in [0, 0.05) is 29.4 Å². The summed E-state index contributed by atoms with van der Waals surface area (Å²) in [6.45, 7) is 2.35. The molecule has 2 aromatic heterocycles. The number of nitrogens with one attached hydrogen (secondary N) is 1. The molecule has 21 heavy (non-hydrogen) atoms. The lowest BCUT2D eigenvalue weighted by Gasteiger charge is -2.11. The van der Waals surface area contributed by atoms with Crippen molar-refractivity contribution in [1.82, 2.24) is 14.5 Å². The van der Waals surface area contributed by atoms with Crippen LogP contribution < -0.4 is 16.7 Å². The highest BCUT2D eigenvalue weighted by Crippen LogP contribution is 2.12. The predicted octanol–water partition coefficient (Wildman–Crippen LogP) is 1.43. The third-order valence-electron chi connectivity index (χ3n) is 3.24. The Labute approximate surface area is 121 Å². The number of nitrogens with two attached hydrogens (primary N) is 1. The number of fused-ring (bicyclic) bond motifs is 1. The summed E-state index contributed by atoms with van der Waals surface area (Å²) in [5.74, 6) is 6.61. The Morgan fingerprint density at radius 1 is 1.24 bits per heavy atom. The molecule has 0 unspecified atom stereocenters. The number of anilines is 1. The molecule has 106 valence electrons. The molecule has 3 aromatic rings. The van der Waals surface area contributed by atoms with E-state index in [0.29, 0.717) is 23.6 Å². The quantitative estimate of drug-likeness (QED) is 0.560. The lowest BCUT2D eigenvalue weighted by Crippen LogP contribution is -2.14. The molecule has 3 N–H and O–H groups in total. The van der Waals surface area contributed by atoms with Crippen LogP contribution in [0, 0.1) is 6.92 Å². The standard InChI is InChI=1S/C15H15N5O/c1-10-8-14(19-16)18-15(17-10)9-20-7-6-13(21)11-4-2-3-5-12(11)20/h2-8H,9,16H2,1H3,(H,17,18,19). The monoisotopic (exact) mass is 281 g/mol. The molecule has 1 aromatic carbocycles. The van der Waals surface area contributed by atoms with E-state index in [0.717, 1.165) is 11.2 Å². The number of nitrogen functional groups attached to an aromatic ring is 1. The summed E-state index contributed by atoms with van der Waals surface area (Å²) >= 11 is 0. The van der Waals surface area contributed by atoms with E-state index in [2.05, 4.69) is 15.4 Å². The van der Waals surface area contributed by atoms with E-state index in [1.807, 2.05) is 35.8 Å². The van der Waals surface area contributed by atoms with Crippen LogP contribution in [0.4, 0.5) is 5.82 Å². The highest BCUT2D eigenvalue weighted by atomic mass is 16.1. The molecule has 0 saturated heterocycles. The maximum absolute atomic E-state index is 11.9. The summed E-state index contributed by atoms with van der Waals surface area (Å²) in [7, 11) is 0. The molecular weight excluding hydrogens is 266 g/mol. The maximum Gasteiger partial charge on any atom is 0.189 e. The number of pyridine rings is 1. The van der Waals surface area contributed by atoms with Gasteiger partial charge in [-0.2, -0.15) is 0 Å². The number of nitrogens with zero attached hydrogens (tertiary/aromatic N) is 3. The van der Waals surface area contributed by atoms with E-state index >= 15 is 0 Å². The fourth-order valence-electron chi connectivity index (χ4n) is 2.33. The van der Waals surface area contributed by atoms with E-state index in [-0.39, 0.29) is 5.43 Å². The smallest absolute Gasteiger partial charge is 0.189 e. The molecule has 0 radical (unpaired) electrons. The van der Waals surface area contributed by atoms with Gasteiger partial charge in [0.15, 0.2) is 11.3 Å². The summed E-state index contributed by atoms with van der Waals surface area (Å²) < 4.78 is 1.95. The van der Waals surface area contributed by atoms with Crippen molar-refractivity contribution in [2.75, 3.05) is 5.43 Å². The summed E-state index contributed by atoms with van der Waals surface area (Å²) in [6.07, 6.45) is 1.76. The van der Waals surface area contributed by atoms with Crippen molar-refractivity contribution in [1.29, 1.82) is 0 Å². The van der Waals surface area contributed by atoms with E-state index < -0.39 is 0 Å². The molecule has 3 rings (SSSR count). The number of para-hydroxylation sites is 1. The van der Waals surface area contributed by atoms with Crippen LogP contribution in [0.25, 0.3) is 10.9 Å². The first kappa shape index (κ1) is 13.3. The Kier molecular flexibility index (Phi) is 3.37. The molecule has 2 heterocycles. The van der Waals surface area contributed by atoms with Crippen LogP contribution in [0.3, 0.4) is 0 Å². The van der Waals surface area contributed by atoms with Crippen LogP contribution in [0.5, 0.6) is 0 Å². The van der Waals surface area contributed by atoms with Gasteiger partial charge < -0.3 is 9.99 Å². The Hall–Kier alpha value is -2.73. The Morgan fingerprint density at radius 3 is 2.86 bits per heavy atom. The normalized spacial score (nSPS) is 10.8. The molecule has 0 amide bonds. The fraction of sp³-hybridized carbons (Fsp3) is 0.133. The number of aromatic nitrogens is 3. The summed E-state index contributed by atoms with van der Waals surface area (Å²) in [5.41, 5.74) is 4.23. The fourth-order valence-corrected chi connectivity index (χ4v) is 2.33. The van der Waals surface area contributed by atoms with Gasteiger partial charge in [0.2, 0.25) is 0 Å². The van der Waals surface area contributed by atoms with Gasteiger partial charge in [0.05, 0.1) is 12.1 Å². The minimum absolute atomic E-state index is 0.0105. The number of hydrogen-bond donors (Lipinski definition) is 2. The molecule has 0 saturated carbocycles. The summed E-state index contributed by atoms with van der Waals surface area (Å²) in [5, 5.41) is 0.685. The minimum Gasteiger partial charge on any atom is -0.340 e. The van der Waals surface area contributed by atoms with Crippen molar-refractivity contribution in [2.24, 2.45) is 5.84 Å². The van der Waals surface area contributed by atoms with Crippen molar-refractivity contribution in [2.45, 2.75) is 13.5 Å². The third kappa shape index (κ3) is 2.61. The molecule has 0 fully saturated rings. The van der Waals surface area contributed by atoms with E-state index in [9.17, 15) is 4.79 Å². The largest absolute Gasteiger partial charge is 0.340 e. The van der Waals surface area contributed by atoms with Gasteiger partial charge in [0.25, 0.3) is 0 Å². The van der Waals surface area contributed by atoms with Crippen molar-refractivity contribution >= 4 is 16.7 Å². The average Bonchev–Trinajstić information content (AvgIpc) is 2.50. The van der Waals surface area contributed by atoms with Crippen LogP contribution in [0.2, 0.25) is 0 Å². The van der Waals surface area contributed by atoms with E-state index in [1.165, 1.54) is 0 Å². The Bertz CT molecular complexity index is 856. The van der Waals surface area contributed by atoms with Crippen molar-refractivity contribution in [3.63, 3.8) is 0 Å². The van der Waals surface area contributed by atoms with Crippen LogP contribution in [0.15, 0.2) is 47.4 Å². The first-order chi connectivity index (χ1) is 10.2. The van der Waals surface area contributed by atoms with Gasteiger partial charge >= 0.3 is 0 Å². The van der Waals surface area contributed by atoms with Crippen LogP contribution in [-0.2, 0) is 6.54 Å². The van der Waals surface area contributed by atoms with Crippen molar-refractivity contribution < 1.29 is 0 Å². The third-order valence-corrected chi connectivity index (χ3v) is 3.24. The molecule has 0 spiro atoms. The first-order valence-electron chi connectivity index (χ1n) is 6.57. The van der Waals surface area contributed by atoms with Gasteiger partial charge in [-0.3, -0.25) is 4.79 Å². The van der Waals surface area contributed by atoms with Crippen LogP contribution >= 0.6 is 0 Å². The molecular formula is C15H15N5O. The zero-order valence-corrected chi connectivity index (χ0v) is 11.6. The van der Waals surface area contributed by atoms with Gasteiger partial charge in [-0.05, 0) is 19.1 Å². The van der Waals surface area contributed by atoms with Crippen LogP contribution in [0.1, 0.15) is 11.5 Å². The lowest BCUT2D eigenvalue weighted by atomic mass is 10.2. The van der Waals surface area contributed by atoms with E-state index in [1.54, 1.807) is 18.3 Å². The molecule has 0 atom stereocenters. The van der Waals surface area contributed by atoms with Gasteiger partial charge in [-0.15, -0.1) is 0 Å². The Morgan fingerprint density at radius 2 is 2.05 bits per heavy atom. The minimum atomic E-state index is 0.0105. The predicted molar refractivity (Wildman–Crippen MR) is 81.9 cm³/mol. The van der Waals surface area contributed by atoms with Crippen molar-refractivity contribution in [3.8, 4) is 0 Å². The highest BCUT2D eigenvalue weighted by Gasteiger charge is 2.06. The highest BCUT2D eigenvalue weighted by molar-refractivity contribution is 5.78. The number of rotatable bonds is 3. The lowest BCUT2D eigenvalue weighted by molar-refractivity contribution is 0.759. The van der Waals surface area contributed by atoms with E-state index in [4.69, 9.17) is 5.84 Å². The van der Waals surface area contributed by atoms with Gasteiger partial charge in [-0.25, -0.2) is 15.8 Å². The summed E-state index contributed by atoms with van der Waals surface area (Å²) in [6, 6.07) is 10.8. The first-order valence-corrected chi connectivity index (χ1v) is 6.57. The molecule has 6 heteroatoms. The zero-order valence-electron chi connectivity index (χ0n) is 11.6.